The predicted molar refractivity (Wildman–Crippen MR) is 62.4 cm³/mol. The number of hydrogen-bond donors (Lipinski definition) is 1. The third kappa shape index (κ3) is 1.54. The first-order chi connectivity index (χ1) is 7.63. The van der Waals surface area contributed by atoms with Crippen LogP contribution in [-0.2, 0) is 13.6 Å². The number of aromatic nitrogens is 4. The number of nitrogen functional groups attached to an aromatic ring is 1. The van der Waals surface area contributed by atoms with Crippen molar-refractivity contribution in [2.75, 3.05) is 5.73 Å². The Morgan fingerprint density at radius 1 is 1.56 bits per heavy atom. The van der Waals surface area contributed by atoms with Gasteiger partial charge >= 0.3 is 0 Å². The molecule has 0 radical (unpaired) electrons. The van der Waals surface area contributed by atoms with E-state index in [9.17, 15) is 0 Å². The summed E-state index contributed by atoms with van der Waals surface area (Å²) in [4.78, 5) is 4.40. The maximum absolute atomic E-state index is 6.00. The van der Waals surface area contributed by atoms with Crippen molar-refractivity contribution in [1.29, 1.82) is 0 Å². The van der Waals surface area contributed by atoms with Crippen molar-refractivity contribution >= 4 is 5.82 Å². The fraction of sp³-hybridized carbons (Fsp3) is 0.273. The largest absolute Gasteiger partial charge is 0.383 e. The molecule has 0 aliphatic rings. The summed E-state index contributed by atoms with van der Waals surface area (Å²) in [5, 5.41) is 4.09. The topological polar surface area (TPSA) is 61.7 Å². The summed E-state index contributed by atoms with van der Waals surface area (Å²) in [6.45, 7) is 2.32. The molecule has 2 rings (SSSR count). The summed E-state index contributed by atoms with van der Waals surface area (Å²) in [6.07, 6.45) is 8.89. The van der Waals surface area contributed by atoms with Gasteiger partial charge in [0.15, 0.2) is 0 Å². The molecule has 5 heteroatoms. The Kier molecular flexibility index (Phi) is 2.41. The van der Waals surface area contributed by atoms with Crippen molar-refractivity contribution < 1.29 is 0 Å². The zero-order chi connectivity index (χ0) is 11.7. The van der Waals surface area contributed by atoms with Gasteiger partial charge in [0.05, 0.1) is 12.7 Å². The minimum atomic E-state index is 0.435. The molecule has 0 aromatic carbocycles. The first kappa shape index (κ1) is 10.3. The second kappa shape index (κ2) is 3.74. The van der Waals surface area contributed by atoms with Crippen LogP contribution in [0, 0.1) is 19.3 Å². The average molecular weight is 215 g/mol. The number of anilines is 1. The Labute approximate surface area is 93.9 Å². The molecule has 0 bridgehead atoms. The quantitative estimate of drug-likeness (QED) is 0.754. The van der Waals surface area contributed by atoms with Crippen LogP contribution in [0.5, 0.6) is 0 Å². The molecule has 0 fully saturated rings. The van der Waals surface area contributed by atoms with Crippen LogP contribution in [-0.4, -0.2) is 19.3 Å². The first-order valence-corrected chi connectivity index (χ1v) is 4.88. The van der Waals surface area contributed by atoms with Crippen LogP contribution < -0.4 is 5.73 Å². The molecule has 82 valence electrons. The fourth-order valence-corrected chi connectivity index (χ4v) is 1.63. The van der Waals surface area contributed by atoms with Crippen molar-refractivity contribution in [3.63, 3.8) is 0 Å². The van der Waals surface area contributed by atoms with E-state index in [1.165, 1.54) is 0 Å². The van der Waals surface area contributed by atoms with Gasteiger partial charge < -0.3 is 10.3 Å². The molecule has 0 atom stereocenters. The van der Waals surface area contributed by atoms with Gasteiger partial charge in [0, 0.05) is 18.8 Å². The maximum Gasteiger partial charge on any atom is 0.132 e. The molecule has 2 aromatic heterocycles. The van der Waals surface area contributed by atoms with E-state index in [4.69, 9.17) is 12.2 Å². The molecule has 16 heavy (non-hydrogen) atoms. The molecule has 0 amide bonds. The summed E-state index contributed by atoms with van der Waals surface area (Å²) in [5.74, 6) is 3.96. The van der Waals surface area contributed by atoms with E-state index in [-0.39, 0.29) is 0 Å². The number of nitrogens with zero attached hydrogens (tertiary/aromatic N) is 4. The highest BCUT2D eigenvalue weighted by molar-refractivity contribution is 5.69. The van der Waals surface area contributed by atoms with Gasteiger partial charge in [-0.2, -0.15) is 5.10 Å². The number of hydrogen-bond acceptors (Lipinski definition) is 3. The van der Waals surface area contributed by atoms with Gasteiger partial charge in [0.25, 0.3) is 0 Å². The van der Waals surface area contributed by atoms with Crippen LogP contribution in [0.15, 0.2) is 12.4 Å². The van der Waals surface area contributed by atoms with E-state index in [1.54, 1.807) is 10.9 Å². The Morgan fingerprint density at radius 2 is 2.31 bits per heavy atom. The standard InChI is InChI=1S/C11H13N5/c1-4-5-16-8(2)14-10(11(16)12)9-6-13-15(3)7-9/h1,6-7H,5,12H2,2-3H3. The smallest absolute Gasteiger partial charge is 0.132 e. The zero-order valence-electron chi connectivity index (χ0n) is 9.31. The van der Waals surface area contributed by atoms with Crippen molar-refractivity contribution in [2.24, 2.45) is 7.05 Å². The predicted octanol–water partition coefficient (Wildman–Crippen LogP) is 0.807. The van der Waals surface area contributed by atoms with Crippen LogP contribution in [0.2, 0.25) is 0 Å². The second-order valence-electron chi connectivity index (χ2n) is 3.59. The third-order valence-electron chi connectivity index (χ3n) is 2.43. The molecule has 0 saturated heterocycles. The molecular weight excluding hydrogens is 202 g/mol. The van der Waals surface area contributed by atoms with E-state index in [2.05, 4.69) is 16.0 Å². The van der Waals surface area contributed by atoms with Gasteiger partial charge in [-0.3, -0.25) is 4.68 Å². The number of rotatable bonds is 2. The van der Waals surface area contributed by atoms with E-state index < -0.39 is 0 Å². The highest BCUT2D eigenvalue weighted by Gasteiger charge is 2.13. The Hall–Kier alpha value is -2.22. The summed E-state index contributed by atoms with van der Waals surface area (Å²) >= 11 is 0. The van der Waals surface area contributed by atoms with Crippen LogP contribution in [0.3, 0.4) is 0 Å². The Bertz CT molecular complexity index is 555. The van der Waals surface area contributed by atoms with Crippen LogP contribution in [0.4, 0.5) is 5.82 Å². The molecule has 0 unspecified atom stereocenters. The van der Waals surface area contributed by atoms with E-state index >= 15 is 0 Å². The third-order valence-corrected chi connectivity index (χ3v) is 2.43. The number of aryl methyl sites for hydroxylation is 2. The molecule has 2 heterocycles. The molecule has 2 aromatic rings. The lowest BCUT2D eigenvalue weighted by molar-refractivity contribution is 0.768. The fourth-order valence-electron chi connectivity index (χ4n) is 1.63. The van der Waals surface area contributed by atoms with E-state index in [0.29, 0.717) is 12.4 Å². The van der Waals surface area contributed by atoms with Gasteiger partial charge in [-0.15, -0.1) is 6.42 Å². The van der Waals surface area contributed by atoms with Crippen LogP contribution in [0.25, 0.3) is 11.3 Å². The highest BCUT2D eigenvalue weighted by Crippen LogP contribution is 2.25. The second-order valence-corrected chi connectivity index (χ2v) is 3.59. The van der Waals surface area contributed by atoms with E-state index in [0.717, 1.165) is 17.1 Å². The lowest BCUT2D eigenvalue weighted by Gasteiger charge is -2.01. The average Bonchev–Trinajstić information content (AvgIpc) is 2.77. The van der Waals surface area contributed by atoms with Crippen molar-refractivity contribution in [3.8, 4) is 23.6 Å². The lowest BCUT2D eigenvalue weighted by Crippen LogP contribution is -2.03. The van der Waals surface area contributed by atoms with Crippen LogP contribution in [0.1, 0.15) is 5.82 Å². The lowest BCUT2D eigenvalue weighted by atomic mass is 10.2. The molecular formula is C11H13N5. The number of terminal acetylenes is 1. The minimum absolute atomic E-state index is 0.435. The minimum Gasteiger partial charge on any atom is -0.383 e. The van der Waals surface area contributed by atoms with E-state index in [1.807, 2.05) is 24.7 Å². The molecule has 0 aliphatic carbocycles. The SMILES string of the molecule is C#CCn1c(C)nc(-c2cnn(C)c2)c1N. The van der Waals surface area contributed by atoms with Gasteiger partial charge in [-0.25, -0.2) is 4.98 Å². The van der Waals surface area contributed by atoms with Gasteiger partial charge in [-0.1, -0.05) is 5.92 Å². The Balaban J connectivity index is 2.51. The monoisotopic (exact) mass is 215 g/mol. The number of nitrogens with two attached hydrogens (primary N) is 1. The molecule has 0 spiro atoms. The normalized spacial score (nSPS) is 10.3. The van der Waals surface area contributed by atoms with Crippen LogP contribution >= 0.6 is 0 Å². The Morgan fingerprint density at radius 3 is 2.88 bits per heavy atom. The summed E-state index contributed by atoms with van der Waals surface area (Å²) in [6, 6.07) is 0. The van der Waals surface area contributed by atoms with Crippen molar-refractivity contribution in [1.82, 2.24) is 19.3 Å². The highest BCUT2D eigenvalue weighted by atomic mass is 15.2. The van der Waals surface area contributed by atoms with Gasteiger partial charge in [-0.05, 0) is 6.92 Å². The zero-order valence-corrected chi connectivity index (χ0v) is 9.31. The molecule has 0 aliphatic heterocycles. The summed E-state index contributed by atoms with van der Waals surface area (Å²) < 4.78 is 3.52. The van der Waals surface area contributed by atoms with Crippen molar-refractivity contribution in [3.05, 3.63) is 18.2 Å². The summed E-state index contributed by atoms with van der Waals surface area (Å²) in [5.41, 5.74) is 7.64. The van der Waals surface area contributed by atoms with Gasteiger partial charge in [0.2, 0.25) is 0 Å². The molecule has 0 saturated carbocycles. The molecule has 2 N–H and O–H groups in total. The number of imidazole rings is 1. The van der Waals surface area contributed by atoms with Gasteiger partial charge in [0.1, 0.15) is 17.3 Å². The maximum atomic E-state index is 6.00. The first-order valence-electron chi connectivity index (χ1n) is 4.88. The summed E-state index contributed by atoms with van der Waals surface area (Å²) in [7, 11) is 1.85. The molecule has 5 nitrogen and oxygen atoms in total. The van der Waals surface area contributed by atoms with Crippen molar-refractivity contribution in [2.45, 2.75) is 13.5 Å².